The van der Waals surface area contributed by atoms with E-state index >= 15 is 0 Å². The molecule has 15 heavy (non-hydrogen) atoms. The number of aromatic nitrogens is 3. The SMILES string of the molecule is Cc1nc(C2Cc3ccccc3C2)n[nH]1. The molecule has 1 aromatic carbocycles. The van der Waals surface area contributed by atoms with Crippen LogP contribution in [-0.4, -0.2) is 15.2 Å². The summed E-state index contributed by atoms with van der Waals surface area (Å²) in [6.45, 7) is 1.94. The molecule has 0 spiro atoms. The van der Waals surface area contributed by atoms with Crippen LogP contribution in [0.1, 0.15) is 28.7 Å². The van der Waals surface area contributed by atoms with Crippen molar-refractivity contribution in [1.29, 1.82) is 0 Å². The first kappa shape index (κ1) is 8.65. The van der Waals surface area contributed by atoms with E-state index in [1.807, 2.05) is 6.92 Å². The highest BCUT2D eigenvalue weighted by atomic mass is 15.2. The fraction of sp³-hybridized carbons (Fsp3) is 0.333. The van der Waals surface area contributed by atoms with Gasteiger partial charge >= 0.3 is 0 Å². The molecule has 1 aliphatic rings. The van der Waals surface area contributed by atoms with E-state index in [0.29, 0.717) is 5.92 Å². The van der Waals surface area contributed by atoms with Gasteiger partial charge in [0.25, 0.3) is 0 Å². The minimum absolute atomic E-state index is 0.465. The Morgan fingerprint density at radius 2 is 1.87 bits per heavy atom. The molecule has 1 heterocycles. The first-order chi connectivity index (χ1) is 7.33. The monoisotopic (exact) mass is 199 g/mol. The smallest absolute Gasteiger partial charge is 0.154 e. The lowest BCUT2D eigenvalue weighted by atomic mass is 10.1. The molecule has 3 nitrogen and oxygen atoms in total. The lowest BCUT2D eigenvalue weighted by Crippen LogP contribution is -2.00. The van der Waals surface area contributed by atoms with Gasteiger partial charge in [-0.25, -0.2) is 4.98 Å². The van der Waals surface area contributed by atoms with Gasteiger partial charge in [0.1, 0.15) is 5.82 Å². The third kappa shape index (κ3) is 1.44. The average molecular weight is 199 g/mol. The highest BCUT2D eigenvalue weighted by Gasteiger charge is 2.25. The zero-order valence-corrected chi connectivity index (χ0v) is 8.70. The summed E-state index contributed by atoms with van der Waals surface area (Å²) in [5.74, 6) is 2.33. The quantitative estimate of drug-likeness (QED) is 0.763. The third-order valence-corrected chi connectivity index (χ3v) is 3.03. The zero-order chi connectivity index (χ0) is 10.3. The van der Waals surface area contributed by atoms with E-state index in [1.54, 1.807) is 0 Å². The van der Waals surface area contributed by atoms with E-state index in [9.17, 15) is 0 Å². The Morgan fingerprint density at radius 3 is 2.40 bits per heavy atom. The lowest BCUT2D eigenvalue weighted by molar-refractivity contribution is 0.686. The molecule has 1 aliphatic carbocycles. The Bertz CT molecular complexity index is 462. The molecule has 76 valence electrons. The Labute approximate surface area is 88.6 Å². The van der Waals surface area contributed by atoms with Crippen molar-refractivity contribution < 1.29 is 0 Å². The molecule has 2 aromatic rings. The van der Waals surface area contributed by atoms with Crippen LogP contribution in [0.25, 0.3) is 0 Å². The fourth-order valence-electron chi connectivity index (χ4n) is 2.28. The van der Waals surface area contributed by atoms with Crippen LogP contribution in [0.15, 0.2) is 24.3 Å². The number of aryl methyl sites for hydroxylation is 1. The number of hydrogen-bond donors (Lipinski definition) is 1. The largest absolute Gasteiger partial charge is 0.263 e. The molecule has 0 bridgehead atoms. The van der Waals surface area contributed by atoms with Crippen molar-refractivity contribution in [2.45, 2.75) is 25.7 Å². The highest BCUT2D eigenvalue weighted by molar-refractivity contribution is 5.34. The average Bonchev–Trinajstić information content (AvgIpc) is 2.82. The second-order valence-corrected chi connectivity index (χ2v) is 4.15. The molecule has 0 aliphatic heterocycles. The number of aromatic amines is 1. The van der Waals surface area contributed by atoms with Crippen molar-refractivity contribution in [3.63, 3.8) is 0 Å². The fourth-order valence-corrected chi connectivity index (χ4v) is 2.28. The van der Waals surface area contributed by atoms with Crippen molar-refractivity contribution in [3.05, 3.63) is 47.0 Å². The second-order valence-electron chi connectivity index (χ2n) is 4.15. The molecule has 0 unspecified atom stereocenters. The molecular weight excluding hydrogens is 186 g/mol. The van der Waals surface area contributed by atoms with Gasteiger partial charge in [0.2, 0.25) is 0 Å². The van der Waals surface area contributed by atoms with Crippen molar-refractivity contribution >= 4 is 0 Å². The minimum atomic E-state index is 0.465. The molecule has 1 N–H and O–H groups in total. The summed E-state index contributed by atoms with van der Waals surface area (Å²) >= 11 is 0. The normalized spacial score (nSPS) is 15.5. The van der Waals surface area contributed by atoms with Crippen LogP contribution in [0.3, 0.4) is 0 Å². The summed E-state index contributed by atoms with van der Waals surface area (Å²) in [5.41, 5.74) is 2.90. The van der Waals surface area contributed by atoms with Crippen LogP contribution >= 0.6 is 0 Å². The predicted octanol–water partition coefficient (Wildman–Crippen LogP) is 2.00. The van der Waals surface area contributed by atoms with Gasteiger partial charge in [-0.15, -0.1) is 0 Å². The van der Waals surface area contributed by atoms with Crippen molar-refractivity contribution in [1.82, 2.24) is 15.2 Å². The van der Waals surface area contributed by atoms with Crippen molar-refractivity contribution in [2.75, 3.05) is 0 Å². The predicted molar refractivity (Wildman–Crippen MR) is 57.7 cm³/mol. The van der Waals surface area contributed by atoms with E-state index in [2.05, 4.69) is 39.4 Å². The van der Waals surface area contributed by atoms with E-state index in [-0.39, 0.29) is 0 Å². The molecule has 1 aromatic heterocycles. The topological polar surface area (TPSA) is 41.6 Å². The van der Waals surface area contributed by atoms with Crippen LogP contribution in [0.2, 0.25) is 0 Å². The highest BCUT2D eigenvalue weighted by Crippen LogP contribution is 2.31. The van der Waals surface area contributed by atoms with Crippen LogP contribution < -0.4 is 0 Å². The lowest BCUT2D eigenvalue weighted by Gasteiger charge is -2.01. The summed E-state index contributed by atoms with van der Waals surface area (Å²) in [7, 11) is 0. The molecular formula is C12H13N3. The Morgan fingerprint density at radius 1 is 1.20 bits per heavy atom. The van der Waals surface area contributed by atoms with E-state index in [1.165, 1.54) is 11.1 Å². The zero-order valence-electron chi connectivity index (χ0n) is 8.70. The van der Waals surface area contributed by atoms with Gasteiger partial charge < -0.3 is 0 Å². The summed E-state index contributed by atoms with van der Waals surface area (Å²) in [6, 6.07) is 8.61. The van der Waals surface area contributed by atoms with Crippen LogP contribution in [0.4, 0.5) is 0 Å². The number of nitrogens with zero attached hydrogens (tertiary/aromatic N) is 2. The van der Waals surface area contributed by atoms with Crippen LogP contribution in [-0.2, 0) is 12.8 Å². The van der Waals surface area contributed by atoms with E-state index in [4.69, 9.17) is 0 Å². The molecule has 0 fully saturated rings. The maximum Gasteiger partial charge on any atom is 0.154 e. The number of nitrogens with one attached hydrogen (secondary N) is 1. The number of hydrogen-bond acceptors (Lipinski definition) is 2. The minimum Gasteiger partial charge on any atom is -0.263 e. The maximum atomic E-state index is 4.41. The maximum absolute atomic E-state index is 4.41. The van der Waals surface area contributed by atoms with Gasteiger partial charge in [-0.05, 0) is 30.9 Å². The molecule has 0 radical (unpaired) electrons. The Kier molecular flexibility index (Phi) is 1.84. The van der Waals surface area contributed by atoms with Crippen molar-refractivity contribution in [2.24, 2.45) is 0 Å². The third-order valence-electron chi connectivity index (χ3n) is 3.03. The summed E-state index contributed by atoms with van der Waals surface area (Å²) < 4.78 is 0. The number of rotatable bonds is 1. The van der Waals surface area contributed by atoms with Gasteiger partial charge in [-0.3, -0.25) is 5.10 Å². The van der Waals surface area contributed by atoms with Gasteiger partial charge in [0, 0.05) is 5.92 Å². The van der Waals surface area contributed by atoms with Gasteiger partial charge in [0.05, 0.1) is 0 Å². The van der Waals surface area contributed by atoms with Gasteiger partial charge in [0.15, 0.2) is 5.82 Å². The molecule has 3 rings (SSSR count). The first-order valence-electron chi connectivity index (χ1n) is 5.28. The standard InChI is InChI=1S/C12H13N3/c1-8-13-12(15-14-8)11-6-9-4-2-3-5-10(9)7-11/h2-5,11H,6-7H2,1H3,(H,13,14,15). The Hall–Kier alpha value is -1.64. The molecule has 3 heteroatoms. The van der Waals surface area contributed by atoms with Crippen LogP contribution in [0, 0.1) is 6.92 Å². The summed E-state index contributed by atoms with van der Waals surface area (Å²) in [6.07, 6.45) is 2.15. The molecule has 0 amide bonds. The number of benzene rings is 1. The van der Waals surface area contributed by atoms with E-state index in [0.717, 1.165) is 24.5 Å². The Balaban J connectivity index is 1.90. The van der Waals surface area contributed by atoms with E-state index < -0.39 is 0 Å². The van der Waals surface area contributed by atoms with Crippen molar-refractivity contribution in [3.8, 4) is 0 Å². The number of fused-ring (bicyclic) bond motifs is 1. The summed E-state index contributed by atoms with van der Waals surface area (Å²) in [5, 5.41) is 7.16. The second kappa shape index (κ2) is 3.19. The van der Waals surface area contributed by atoms with Crippen LogP contribution in [0.5, 0.6) is 0 Å². The summed E-state index contributed by atoms with van der Waals surface area (Å²) in [4.78, 5) is 4.41. The molecule has 0 saturated heterocycles. The van der Waals surface area contributed by atoms with Gasteiger partial charge in [-0.1, -0.05) is 24.3 Å². The first-order valence-corrected chi connectivity index (χ1v) is 5.28. The molecule has 0 saturated carbocycles. The van der Waals surface area contributed by atoms with Gasteiger partial charge in [-0.2, -0.15) is 5.10 Å². The number of H-pyrrole nitrogens is 1. The molecule has 0 atom stereocenters.